The second-order valence-electron chi connectivity index (χ2n) is 7.06. The van der Waals surface area contributed by atoms with Crippen LogP contribution in [0.2, 0.25) is 0 Å². The molecule has 104 valence electrons. The summed E-state index contributed by atoms with van der Waals surface area (Å²) in [7, 11) is 0. The van der Waals surface area contributed by atoms with E-state index in [2.05, 4.69) is 43.1 Å². The lowest BCUT2D eigenvalue weighted by Gasteiger charge is -2.39. The Hall–Kier alpha value is -0.340. The molecule has 18 heavy (non-hydrogen) atoms. The van der Waals surface area contributed by atoms with Crippen molar-refractivity contribution < 1.29 is 0 Å². The van der Waals surface area contributed by atoms with Crippen molar-refractivity contribution in [3.05, 3.63) is 12.2 Å². The third-order valence-electron chi connectivity index (χ3n) is 4.17. The van der Waals surface area contributed by atoms with Crippen LogP contribution in [-0.4, -0.2) is 36.1 Å². The number of nitrogens with zero attached hydrogens (tertiary/aromatic N) is 1. The quantitative estimate of drug-likeness (QED) is 0.774. The molecule has 2 heteroatoms. The van der Waals surface area contributed by atoms with E-state index in [1.54, 1.807) is 0 Å². The van der Waals surface area contributed by atoms with Crippen molar-refractivity contribution in [2.24, 2.45) is 5.92 Å². The highest BCUT2D eigenvalue weighted by molar-refractivity contribution is 4.99. The molecule has 0 amide bonds. The Labute approximate surface area is 113 Å². The molecule has 2 aliphatic rings. The highest BCUT2D eigenvalue weighted by Crippen LogP contribution is 2.23. The number of hydrogen-bond acceptors (Lipinski definition) is 2. The first-order valence-electron chi connectivity index (χ1n) is 7.70. The van der Waals surface area contributed by atoms with Crippen molar-refractivity contribution >= 4 is 0 Å². The first-order chi connectivity index (χ1) is 8.54. The molecular formula is C16H30N2. The van der Waals surface area contributed by atoms with Gasteiger partial charge in [-0.25, -0.2) is 0 Å². The number of piperidine rings is 1. The summed E-state index contributed by atoms with van der Waals surface area (Å²) in [6.45, 7) is 10.6. The lowest BCUT2D eigenvalue weighted by atomic mass is 9.93. The first kappa shape index (κ1) is 14.1. The van der Waals surface area contributed by atoms with E-state index in [1.807, 2.05) is 0 Å². The van der Waals surface area contributed by atoms with Crippen molar-refractivity contribution in [2.75, 3.05) is 19.6 Å². The SMILES string of the molecule is CC(C)(C)NCC1CCCN(C2C=CCCC2)C1. The van der Waals surface area contributed by atoms with Crippen LogP contribution in [0.1, 0.15) is 52.9 Å². The molecule has 1 heterocycles. The van der Waals surface area contributed by atoms with Gasteiger partial charge in [0.2, 0.25) is 0 Å². The smallest absolute Gasteiger partial charge is 0.0278 e. The van der Waals surface area contributed by atoms with Gasteiger partial charge in [-0.05, 0) is 71.9 Å². The van der Waals surface area contributed by atoms with Gasteiger partial charge in [-0.15, -0.1) is 0 Å². The van der Waals surface area contributed by atoms with Crippen LogP contribution in [-0.2, 0) is 0 Å². The van der Waals surface area contributed by atoms with E-state index in [1.165, 1.54) is 51.7 Å². The Morgan fingerprint density at radius 3 is 2.72 bits per heavy atom. The van der Waals surface area contributed by atoms with Crippen molar-refractivity contribution in [3.8, 4) is 0 Å². The van der Waals surface area contributed by atoms with Gasteiger partial charge in [0.05, 0.1) is 0 Å². The fraction of sp³-hybridized carbons (Fsp3) is 0.875. The van der Waals surface area contributed by atoms with Gasteiger partial charge in [-0.3, -0.25) is 4.90 Å². The van der Waals surface area contributed by atoms with E-state index in [0.29, 0.717) is 0 Å². The number of hydrogen-bond donors (Lipinski definition) is 1. The molecule has 0 bridgehead atoms. The van der Waals surface area contributed by atoms with Crippen LogP contribution in [0.5, 0.6) is 0 Å². The van der Waals surface area contributed by atoms with Crippen molar-refractivity contribution in [3.63, 3.8) is 0 Å². The molecule has 2 nitrogen and oxygen atoms in total. The zero-order valence-corrected chi connectivity index (χ0v) is 12.4. The molecule has 0 radical (unpaired) electrons. The molecule has 1 saturated heterocycles. The Morgan fingerprint density at radius 1 is 1.22 bits per heavy atom. The van der Waals surface area contributed by atoms with E-state index in [0.717, 1.165) is 12.0 Å². The summed E-state index contributed by atoms with van der Waals surface area (Å²) in [5, 5.41) is 3.67. The van der Waals surface area contributed by atoms with Gasteiger partial charge in [-0.2, -0.15) is 0 Å². The third kappa shape index (κ3) is 4.40. The molecular weight excluding hydrogens is 220 g/mol. The standard InChI is InChI=1S/C16H30N2/c1-16(2,3)17-12-14-8-7-11-18(13-14)15-9-5-4-6-10-15/h5,9,14-15,17H,4,6-8,10-13H2,1-3H3. The number of likely N-dealkylation sites (tertiary alicyclic amines) is 1. The van der Waals surface area contributed by atoms with Gasteiger partial charge in [0.15, 0.2) is 0 Å². The van der Waals surface area contributed by atoms with Gasteiger partial charge in [0.1, 0.15) is 0 Å². The maximum absolute atomic E-state index is 3.67. The Balaban J connectivity index is 1.80. The average Bonchev–Trinajstić information content (AvgIpc) is 2.37. The van der Waals surface area contributed by atoms with Gasteiger partial charge in [-0.1, -0.05) is 12.2 Å². The van der Waals surface area contributed by atoms with Gasteiger partial charge >= 0.3 is 0 Å². The molecule has 1 N–H and O–H groups in total. The Morgan fingerprint density at radius 2 is 2.06 bits per heavy atom. The second kappa shape index (κ2) is 6.21. The summed E-state index contributed by atoms with van der Waals surface area (Å²) in [5.74, 6) is 0.841. The van der Waals surface area contributed by atoms with Crippen LogP contribution < -0.4 is 5.32 Å². The molecule has 0 aromatic heterocycles. The molecule has 1 aliphatic carbocycles. The predicted octanol–water partition coefficient (Wildman–Crippen LogP) is 3.20. The molecule has 0 saturated carbocycles. The van der Waals surface area contributed by atoms with Crippen LogP contribution in [0.15, 0.2) is 12.2 Å². The van der Waals surface area contributed by atoms with E-state index in [9.17, 15) is 0 Å². The number of allylic oxidation sites excluding steroid dienone is 1. The second-order valence-corrected chi connectivity index (χ2v) is 7.06. The molecule has 2 atom stereocenters. The Bertz CT molecular complexity index is 277. The highest BCUT2D eigenvalue weighted by Gasteiger charge is 2.25. The van der Waals surface area contributed by atoms with Crippen molar-refractivity contribution in [1.82, 2.24) is 10.2 Å². The maximum Gasteiger partial charge on any atom is 0.0278 e. The van der Waals surface area contributed by atoms with Gasteiger partial charge in [0, 0.05) is 18.1 Å². The molecule has 1 aliphatic heterocycles. The van der Waals surface area contributed by atoms with Crippen LogP contribution >= 0.6 is 0 Å². The molecule has 0 aromatic rings. The van der Waals surface area contributed by atoms with Crippen LogP contribution in [0.25, 0.3) is 0 Å². The lowest BCUT2D eigenvalue weighted by molar-refractivity contribution is 0.131. The lowest BCUT2D eigenvalue weighted by Crippen LogP contribution is -2.47. The summed E-state index contributed by atoms with van der Waals surface area (Å²) >= 11 is 0. The van der Waals surface area contributed by atoms with Crippen LogP contribution in [0, 0.1) is 5.92 Å². The minimum absolute atomic E-state index is 0.257. The Kier molecular flexibility index (Phi) is 4.85. The molecule has 2 unspecified atom stereocenters. The van der Waals surface area contributed by atoms with Crippen molar-refractivity contribution in [1.29, 1.82) is 0 Å². The summed E-state index contributed by atoms with van der Waals surface area (Å²) < 4.78 is 0. The van der Waals surface area contributed by atoms with E-state index < -0.39 is 0 Å². The average molecular weight is 250 g/mol. The van der Waals surface area contributed by atoms with E-state index in [-0.39, 0.29) is 5.54 Å². The maximum atomic E-state index is 3.67. The predicted molar refractivity (Wildman–Crippen MR) is 78.8 cm³/mol. The monoisotopic (exact) mass is 250 g/mol. The number of nitrogens with one attached hydrogen (secondary N) is 1. The summed E-state index contributed by atoms with van der Waals surface area (Å²) in [4.78, 5) is 2.72. The molecule has 1 fully saturated rings. The molecule has 0 aromatic carbocycles. The normalized spacial score (nSPS) is 30.6. The summed E-state index contributed by atoms with van der Waals surface area (Å²) in [5.41, 5.74) is 0.257. The van der Waals surface area contributed by atoms with Crippen molar-refractivity contribution in [2.45, 2.75) is 64.5 Å². The molecule has 2 rings (SSSR count). The minimum Gasteiger partial charge on any atom is -0.312 e. The summed E-state index contributed by atoms with van der Waals surface area (Å²) in [6, 6.07) is 0.733. The fourth-order valence-corrected chi connectivity index (χ4v) is 3.11. The van der Waals surface area contributed by atoms with Crippen LogP contribution in [0.3, 0.4) is 0 Å². The van der Waals surface area contributed by atoms with Gasteiger partial charge in [0.25, 0.3) is 0 Å². The largest absolute Gasteiger partial charge is 0.312 e. The van der Waals surface area contributed by atoms with Crippen LogP contribution in [0.4, 0.5) is 0 Å². The summed E-state index contributed by atoms with van der Waals surface area (Å²) in [6.07, 6.45) is 11.6. The minimum atomic E-state index is 0.257. The van der Waals surface area contributed by atoms with Gasteiger partial charge < -0.3 is 5.32 Å². The van der Waals surface area contributed by atoms with E-state index >= 15 is 0 Å². The zero-order valence-electron chi connectivity index (χ0n) is 12.4. The topological polar surface area (TPSA) is 15.3 Å². The van der Waals surface area contributed by atoms with E-state index in [4.69, 9.17) is 0 Å². The molecule has 0 spiro atoms. The number of rotatable bonds is 3. The third-order valence-corrected chi connectivity index (χ3v) is 4.17. The first-order valence-corrected chi connectivity index (χ1v) is 7.70. The highest BCUT2D eigenvalue weighted by atomic mass is 15.2. The zero-order chi connectivity index (χ0) is 13.0. The fourth-order valence-electron chi connectivity index (χ4n) is 3.11.